The van der Waals surface area contributed by atoms with Crippen LogP contribution in [0.3, 0.4) is 0 Å². The molecule has 0 aliphatic carbocycles. The number of alkyl halides is 3. The minimum absolute atomic E-state index is 0.0222. The second kappa shape index (κ2) is 5.42. The average Bonchev–Trinajstić information content (AvgIpc) is 2.19. The van der Waals surface area contributed by atoms with Crippen molar-refractivity contribution in [3.05, 3.63) is 27.5 Å². The van der Waals surface area contributed by atoms with Crippen molar-refractivity contribution in [2.75, 3.05) is 0 Å². The first-order valence-electron chi connectivity index (χ1n) is 4.93. The van der Waals surface area contributed by atoms with Crippen molar-refractivity contribution in [1.82, 2.24) is 4.98 Å². The van der Waals surface area contributed by atoms with Crippen LogP contribution >= 0.6 is 23.2 Å². The average molecular weight is 287 g/mol. The molecule has 96 valence electrons. The Hall–Kier alpha value is -0.520. The van der Waals surface area contributed by atoms with Crippen LogP contribution in [0, 0.1) is 0 Å². The van der Waals surface area contributed by atoms with Gasteiger partial charge in [0.2, 0.25) is 0 Å². The standard InChI is InChI=1S/C10H11Cl2F3N2/c1-2-5(16)3-6-7(10(13,14)15)4-8(11)17-9(6)12/h4-5H,2-3,16H2,1H3. The fourth-order valence-electron chi connectivity index (χ4n) is 1.36. The van der Waals surface area contributed by atoms with Gasteiger partial charge in [0.25, 0.3) is 0 Å². The summed E-state index contributed by atoms with van der Waals surface area (Å²) in [5, 5.41) is -0.523. The Labute approximate surface area is 107 Å². The highest BCUT2D eigenvalue weighted by Crippen LogP contribution is 2.36. The van der Waals surface area contributed by atoms with Crippen LogP contribution in [-0.2, 0) is 12.6 Å². The molecule has 2 nitrogen and oxygen atoms in total. The predicted octanol–water partition coefficient (Wildman–Crippen LogP) is 3.69. The number of pyridine rings is 1. The van der Waals surface area contributed by atoms with Crippen molar-refractivity contribution in [3.8, 4) is 0 Å². The molecule has 1 aromatic heterocycles. The van der Waals surface area contributed by atoms with E-state index in [1.165, 1.54) is 0 Å². The third-order valence-corrected chi connectivity index (χ3v) is 2.84. The van der Waals surface area contributed by atoms with E-state index in [4.69, 9.17) is 28.9 Å². The molecule has 7 heteroatoms. The quantitative estimate of drug-likeness (QED) is 0.861. The molecule has 1 aromatic rings. The predicted molar refractivity (Wildman–Crippen MR) is 61.2 cm³/mol. The lowest BCUT2D eigenvalue weighted by Crippen LogP contribution is -2.24. The van der Waals surface area contributed by atoms with E-state index in [1.54, 1.807) is 6.92 Å². The summed E-state index contributed by atoms with van der Waals surface area (Å²) in [6, 6.07) is 0.377. The second-order valence-corrected chi connectivity index (χ2v) is 4.38. The minimum atomic E-state index is -4.51. The highest BCUT2D eigenvalue weighted by molar-refractivity contribution is 6.33. The molecule has 17 heavy (non-hydrogen) atoms. The summed E-state index contributed by atoms with van der Waals surface area (Å²) in [5.41, 5.74) is 4.67. The SMILES string of the molecule is CCC(N)Cc1c(C(F)(F)F)cc(Cl)nc1Cl. The molecule has 0 fully saturated rings. The highest BCUT2D eigenvalue weighted by Gasteiger charge is 2.35. The Morgan fingerprint density at radius 3 is 2.47 bits per heavy atom. The van der Waals surface area contributed by atoms with Crippen LogP contribution in [0.4, 0.5) is 13.2 Å². The van der Waals surface area contributed by atoms with Crippen LogP contribution in [0.15, 0.2) is 6.07 Å². The number of aromatic nitrogens is 1. The first-order valence-corrected chi connectivity index (χ1v) is 5.69. The fourth-order valence-corrected chi connectivity index (χ4v) is 1.87. The number of hydrogen-bond acceptors (Lipinski definition) is 2. The van der Waals surface area contributed by atoms with Gasteiger partial charge in [0, 0.05) is 11.6 Å². The molecule has 0 spiro atoms. The molecule has 0 amide bonds. The molecule has 0 aromatic carbocycles. The van der Waals surface area contributed by atoms with Crippen molar-refractivity contribution in [2.45, 2.75) is 32.0 Å². The van der Waals surface area contributed by atoms with Gasteiger partial charge < -0.3 is 5.73 Å². The van der Waals surface area contributed by atoms with Crippen molar-refractivity contribution in [3.63, 3.8) is 0 Å². The van der Waals surface area contributed by atoms with Crippen LogP contribution in [0.1, 0.15) is 24.5 Å². The van der Waals surface area contributed by atoms with Gasteiger partial charge >= 0.3 is 6.18 Å². The van der Waals surface area contributed by atoms with E-state index in [9.17, 15) is 13.2 Å². The van der Waals surface area contributed by atoms with Crippen LogP contribution in [0.25, 0.3) is 0 Å². The van der Waals surface area contributed by atoms with Crippen molar-refractivity contribution >= 4 is 23.2 Å². The Morgan fingerprint density at radius 2 is 2.00 bits per heavy atom. The van der Waals surface area contributed by atoms with Gasteiger partial charge in [0.1, 0.15) is 10.3 Å². The summed E-state index contributed by atoms with van der Waals surface area (Å²) in [4.78, 5) is 3.61. The maximum Gasteiger partial charge on any atom is 0.416 e. The van der Waals surface area contributed by atoms with E-state index in [2.05, 4.69) is 4.98 Å². The number of hydrogen-bond donors (Lipinski definition) is 1. The molecule has 0 radical (unpaired) electrons. The zero-order chi connectivity index (χ0) is 13.2. The summed E-state index contributed by atoms with van der Waals surface area (Å²) in [5.74, 6) is 0. The maximum atomic E-state index is 12.8. The molecule has 1 heterocycles. The van der Waals surface area contributed by atoms with Gasteiger partial charge in [-0.3, -0.25) is 0 Å². The topological polar surface area (TPSA) is 38.9 Å². The van der Waals surface area contributed by atoms with Gasteiger partial charge in [-0.05, 0) is 18.9 Å². The highest BCUT2D eigenvalue weighted by atomic mass is 35.5. The molecule has 0 bridgehead atoms. The van der Waals surface area contributed by atoms with Crippen molar-refractivity contribution in [2.24, 2.45) is 5.73 Å². The Bertz CT molecular complexity index is 407. The number of nitrogens with zero attached hydrogens (tertiary/aromatic N) is 1. The lowest BCUT2D eigenvalue weighted by Gasteiger charge is -2.16. The lowest BCUT2D eigenvalue weighted by atomic mass is 10.0. The van der Waals surface area contributed by atoms with Gasteiger partial charge in [-0.15, -0.1) is 0 Å². The number of nitrogens with two attached hydrogens (primary N) is 1. The molecule has 2 N–H and O–H groups in total. The van der Waals surface area contributed by atoms with E-state index >= 15 is 0 Å². The maximum absolute atomic E-state index is 12.8. The van der Waals surface area contributed by atoms with E-state index < -0.39 is 17.8 Å². The molecular weight excluding hydrogens is 276 g/mol. The van der Waals surface area contributed by atoms with E-state index in [0.717, 1.165) is 6.07 Å². The van der Waals surface area contributed by atoms with E-state index in [1.807, 2.05) is 0 Å². The third kappa shape index (κ3) is 3.72. The number of halogens is 5. The van der Waals surface area contributed by atoms with Gasteiger partial charge in [-0.2, -0.15) is 13.2 Å². The largest absolute Gasteiger partial charge is 0.416 e. The van der Waals surface area contributed by atoms with Crippen LogP contribution in [0.5, 0.6) is 0 Å². The summed E-state index contributed by atoms with van der Waals surface area (Å²) >= 11 is 11.2. The van der Waals surface area contributed by atoms with Gasteiger partial charge in [-0.25, -0.2) is 4.98 Å². The third-order valence-electron chi connectivity index (χ3n) is 2.34. The zero-order valence-electron chi connectivity index (χ0n) is 8.98. The molecular formula is C10H11Cl2F3N2. The molecule has 0 saturated carbocycles. The summed E-state index contributed by atoms with van der Waals surface area (Å²) in [7, 11) is 0. The minimum Gasteiger partial charge on any atom is -0.327 e. The lowest BCUT2D eigenvalue weighted by molar-refractivity contribution is -0.138. The van der Waals surface area contributed by atoms with Crippen LogP contribution in [-0.4, -0.2) is 11.0 Å². The van der Waals surface area contributed by atoms with E-state index in [-0.39, 0.29) is 22.3 Å². The summed E-state index contributed by atoms with van der Waals surface area (Å²) < 4.78 is 38.3. The molecule has 0 aliphatic rings. The van der Waals surface area contributed by atoms with Crippen molar-refractivity contribution < 1.29 is 13.2 Å². The van der Waals surface area contributed by atoms with Crippen molar-refractivity contribution in [1.29, 1.82) is 0 Å². The Morgan fingerprint density at radius 1 is 1.41 bits per heavy atom. The molecule has 0 saturated heterocycles. The molecule has 0 aliphatic heterocycles. The van der Waals surface area contributed by atoms with Crippen LogP contribution < -0.4 is 5.73 Å². The Kier molecular flexibility index (Phi) is 4.63. The molecule has 1 unspecified atom stereocenters. The van der Waals surface area contributed by atoms with Crippen LogP contribution in [0.2, 0.25) is 10.3 Å². The molecule has 1 atom stereocenters. The first kappa shape index (κ1) is 14.5. The van der Waals surface area contributed by atoms with Gasteiger partial charge in [-0.1, -0.05) is 30.1 Å². The Balaban J connectivity index is 3.26. The number of rotatable bonds is 3. The second-order valence-electron chi connectivity index (χ2n) is 3.63. The summed E-state index contributed by atoms with van der Waals surface area (Å²) in [6.07, 6.45) is -3.94. The normalized spacial score (nSPS) is 13.8. The zero-order valence-corrected chi connectivity index (χ0v) is 10.5. The van der Waals surface area contributed by atoms with E-state index in [0.29, 0.717) is 6.42 Å². The smallest absolute Gasteiger partial charge is 0.327 e. The molecule has 1 rings (SSSR count). The van der Waals surface area contributed by atoms with Gasteiger partial charge in [0.05, 0.1) is 5.56 Å². The first-order chi connectivity index (χ1) is 7.75. The van der Waals surface area contributed by atoms with Gasteiger partial charge in [0.15, 0.2) is 0 Å². The fraction of sp³-hybridized carbons (Fsp3) is 0.500. The summed E-state index contributed by atoms with van der Waals surface area (Å²) in [6.45, 7) is 1.79. The monoisotopic (exact) mass is 286 g/mol.